The van der Waals surface area contributed by atoms with Crippen LogP contribution in [0.3, 0.4) is 0 Å². The van der Waals surface area contributed by atoms with Crippen molar-refractivity contribution in [3.63, 3.8) is 0 Å². The van der Waals surface area contributed by atoms with Crippen molar-refractivity contribution in [1.82, 2.24) is 4.57 Å². The van der Waals surface area contributed by atoms with E-state index in [4.69, 9.17) is 18.9 Å². The Bertz CT molecular complexity index is 1040. The van der Waals surface area contributed by atoms with Gasteiger partial charge in [-0.1, -0.05) is 15.9 Å². The molecule has 1 aliphatic rings. The van der Waals surface area contributed by atoms with Gasteiger partial charge in [-0.2, -0.15) is 0 Å². The van der Waals surface area contributed by atoms with Gasteiger partial charge < -0.3 is 23.5 Å². The van der Waals surface area contributed by atoms with Crippen LogP contribution < -0.4 is 14.2 Å². The van der Waals surface area contributed by atoms with Gasteiger partial charge in [0.15, 0.2) is 11.5 Å². The van der Waals surface area contributed by atoms with Crippen LogP contribution in [0.4, 0.5) is 0 Å². The largest absolute Gasteiger partial charge is 0.493 e. The number of benzene rings is 2. The molecule has 1 atom stereocenters. The summed E-state index contributed by atoms with van der Waals surface area (Å²) in [6, 6.07) is 9.60. The zero-order chi connectivity index (χ0) is 19.1. The molecule has 0 amide bonds. The lowest BCUT2D eigenvalue weighted by atomic mass is 9.90. The van der Waals surface area contributed by atoms with E-state index in [0.29, 0.717) is 17.2 Å². The smallest absolute Gasteiger partial charge is 0.317 e. The molecule has 1 aromatic heterocycles. The number of hydrogen-bond donors (Lipinski definition) is 0. The first kappa shape index (κ1) is 17.7. The Morgan fingerprint density at radius 1 is 1.22 bits per heavy atom. The van der Waals surface area contributed by atoms with Gasteiger partial charge in [0.05, 0.1) is 14.2 Å². The predicted octanol–water partition coefficient (Wildman–Crippen LogP) is 3.98. The molecule has 0 fully saturated rings. The number of halogens is 1. The van der Waals surface area contributed by atoms with Crippen molar-refractivity contribution in [2.75, 3.05) is 21.0 Å². The van der Waals surface area contributed by atoms with Crippen molar-refractivity contribution in [1.29, 1.82) is 0 Å². The van der Waals surface area contributed by atoms with Crippen LogP contribution >= 0.6 is 15.9 Å². The van der Waals surface area contributed by atoms with Gasteiger partial charge in [-0.25, -0.2) is 0 Å². The molecule has 6 nitrogen and oxygen atoms in total. The van der Waals surface area contributed by atoms with Crippen LogP contribution in [0.1, 0.15) is 17.0 Å². The summed E-state index contributed by atoms with van der Waals surface area (Å²) in [4.78, 5) is 12.8. The number of ether oxygens (including phenoxy) is 4. The van der Waals surface area contributed by atoms with E-state index in [9.17, 15) is 4.79 Å². The molecule has 0 aliphatic carbocycles. The maximum absolute atomic E-state index is 12.8. The third-order valence-corrected chi connectivity index (χ3v) is 5.24. The Morgan fingerprint density at radius 2 is 2.04 bits per heavy atom. The van der Waals surface area contributed by atoms with Crippen molar-refractivity contribution in [3.05, 3.63) is 52.1 Å². The van der Waals surface area contributed by atoms with Crippen molar-refractivity contribution < 1.29 is 23.7 Å². The molecule has 140 valence electrons. The summed E-state index contributed by atoms with van der Waals surface area (Å²) in [6.07, 6.45) is 1.95. The fourth-order valence-electron chi connectivity index (χ4n) is 3.50. The highest BCUT2D eigenvalue weighted by Gasteiger charge is 2.31. The lowest BCUT2D eigenvalue weighted by Crippen LogP contribution is -2.15. The number of aromatic nitrogens is 1. The molecule has 2 aromatic carbocycles. The van der Waals surface area contributed by atoms with E-state index in [-0.39, 0.29) is 12.8 Å². The lowest BCUT2D eigenvalue weighted by Gasteiger charge is -2.17. The Labute approximate surface area is 164 Å². The Balaban J connectivity index is 1.95. The van der Waals surface area contributed by atoms with E-state index in [1.807, 2.05) is 42.1 Å². The van der Waals surface area contributed by atoms with Gasteiger partial charge in [-0.3, -0.25) is 4.79 Å². The summed E-state index contributed by atoms with van der Waals surface area (Å²) in [6.45, 7) is 0.124. The minimum absolute atomic E-state index is 0.124. The number of rotatable bonds is 4. The molecule has 2 heterocycles. The zero-order valence-electron chi connectivity index (χ0n) is 15.1. The highest BCUT2D eigenvalue weighted by atomic mass is 79.9. The van der Waals surface area contributed by atoms with E-state index in [1.165, 1.54) is 7.11 Å². The summed E-state index contributed by atoms with van der Waals surface area (Å²) in [7, 11) is 4.90. The molecule has 1 unspecified atom stereocenters. The molecule has 4 rings (SSSR count). The van der Waals surface area contributed by atoms with Crippen molar-refractivity contribution in [2.24, 2.45) is 7.05 Å². The van der Waals surface area contributed by atoms with Gasteiger partial charge >= 0.3 is 5.97 Å². The lowest BCUT2D eigenvalue weighted by molar-refractivity contribution is -0.141. The number of methoxy groups -OCH3 is 2. The predicted molar refractivity (Wildman–Crippen MR) is 104 cm³/mol. The highest BCUT2D eigenvalue weighted by Crippen LogP contribution is 2.45. The Morgan fingerprint density at radius 3 is 2.78 bits per heavy atom. The zero-order valence-corrected chi connectivity index (χ0v) is 16.7. The third-order valence-electron chi connectivity index (χ3n) is 4.74. The maximum atomic E-state index is 12.8. The Hall–Kier alpha value is -2.67. The average Bonchev–Trinajstić information content (AvgIpc) is 3.26. The SMILES string of the molecule is COC(=O)C(c1cc(OC)c2c(c1)OCO2)c1cn(C)c2ccc(Br)cc12. The number of nitrogens with zero attached hydrogens (tertiary/aromatic N) is 1. The van der Waals surface area contributed by atoms with Crippen LogP contribution in [0, 0.1) is 0 Å². The summed E-state index contributed by atoms with van der Waals surface area (Å²) in [5.74, 6) is 0.639. The van der Waals surface area contributed by atoms with Gasteiger partial charge in [-0.15, -0.1) is 0 Å². The van der Waals surface area contributed by atoms with E-state index in [2.05, 4.69) is 15.9 Å². The number of carbonyl (C=O) groups is 1. The van der Waals surface area contributed by atoms with E-state index in [0.717, 1.165) is 26.5 Å². The highest BCUT2D eigenvalue weighted by molar-refractivity contribution is 9.10. The summed E-state index contributed by atoms with van der Waals surface area (Å²) >= 11 is 3.52. The number of esters is 1. The van der Waals surface area contributed by atoms with Gasteiger partial charge in [0.2, 0.25) is 12.5 Å². The van der Waals surface area contributed by atoms with Crippen LogP contribution in [-0.2, 0) is 16.6 Å². The second-order valence-corrected chi connectivity index (χ2v) is 7.19. The minimum atomic E-state index is -0.628. The van der Waals surface area contributed by atoms with E-state index >= 15 is 0 Å². The van der Waals surface area contributed by atoms with Crippen LogP contribution in [0.15, 0.2) is 41.0 Å². The van der Waals surface area contributed by atoms with Crippen LogP contribution in [0.25, 0.3) is 10.9 Å². The standard InChI is InChI=1S/C20H18BrNO5/c1-22-9-14(13-8-12(21)4-5-15(13)22)18(20(23)25-3)11-6-16(24-2)19-17(7-11)26-10-27-19/h4-9,18H,10H2,1-3H3. The Kier molecular flexibility index (Phi) is 4.47. The monoisotopic (exact) mass is 431 g/mol. The molecule has 1 aliphatic heterocycles. The van der Waals surface area contributed by atoms with E-state index < -0.39 is 5.92 Å². The van der Waals surface area contributed by atoms with Crippen molar-refractivity contribution in [2.45, 2.75) is 5.92 Å². The van der Waals surface area contributed by atoms with Crippen LogP contribution in [-0.4, -0.2) is 31.5 Å². The van der Waals surface area contributed by atoms with Crippen LogP contribution in [0.2, 0.25) is 0 Å². The molecule has 0 saturated carbocycles. The first-order valence-corrected chi connectivity index (χ1v) is 9.12. The van der Waals surface area contributed by atoms with Crippen molar-refractivity contribution >= 4 is 32.8 Å². The summed E-state index contributed by atoms with van der Waals surface area (Å²) in [5.41, 5.74) is 2.59. The molecule has 0 bridgehead atoms. The fourth-order valence-corrected chi connectivity index (χ4v) is 3.86. The average molecular weight is 432 g/mol. The summed E-state index contributed by atoms with van der Waals surface area (Å²) < 4.78 is 24.5. The third kappa shape index (κ3) is 2.92. The normalized spacial score (nSPS) is 13.6. The summed E-state index contributed by atoms with van der Waals surface area (Å²) in [5, 5.41) is 0.971. The van der Waals surface area contributed by atoms with Gasteiger partial charge in [-0.05, 0) is 41.5 Å². The second kappa shape index (κ2) is 6.81. The molecule has 0 radical (unpaired) electrons. The number of aryl methyl sites for hydroxylation is 1. The molecule has 0 saturated heterocycles. The van der Waals surface area contributed by atoms with Gasteiger partial charge in [0.1, 0.15) is 5.92 Å². The number of carbonyl (C=O) groups excluding carboxylic acids is 1. The molecule has 3 aromatic rings. The minimum Gasteiger partial charge on any atom is -0.493 e. The fraction of sp³-hybridized carbons (Fsp3) is 0.250. The topological polar surface area (TPSA) is 58.9 Å². The van der Waals surface area contributed by atoms with Crippen LogP contribution in [0.5, 0.6) is 17.2 Å². The quantitative estimate of drug-likeness (QED) is 0.584. The van der Waals surface area contributed by atoms with Crippen molar-refractivity contribution in [3.8, 4) is 17.2 Å². The molecular weight excluding hydrogens is 414 g/mol. The number of fused-ring (bicyclic) bond motifs is 2. The van der Waals surface area contributed by atoms with Gasteiger partial charge in [0.25, 0.3) is 0 Å². The molecule has 0 spiro atoms. The van der Waals surface area contributed by atoms with E-state index in [1.54, 1.807) is 13.2 Å². The molecule has 0 N–H and O–H groups in total. The first-order chi connectivity index (χ1) is 13.0. The molecule has 27 heavy (non-hydrogen) atoms. The number of hydrogen-bond acceptors (Lipinski definition) is 5. The van der Waals surface area contributed by atoms with Gasteiger partial charge in [0, 0.05) is 28.6 Å². The second-order valence-electron chi connectivity index (χ2n) is 6.27. The first-order valence-electron chi connectivity index (χ1n) is 8.33. The maximum Gasteiger partial charge on any atom is 0.317 e. The molecular formula is C20H18BrNO5. The molecule has 7 heteroatoms.